The highest BCUT2D eigenvalue weighted by molar-refractivity contribution is 5.50. The van der Waals surface area contributed by atoms with Crippen LogP contribution in [0.2, 0.25) is 0 Å². The van der Waals surface area contributed by atoms with Gasteiger partial charge in [0.1, 0.15) is 5.82 Å². The lowest BCUT2D eigenvalue weighted by Gasteiger charge is -2.32. The third-order valence-corrected chi connectivity index (χ3v) is 3.36. The standard InChI is InChI=1S/C12H17N3O3/c1-9-6-13-12(5-11(9)15(17)18)14-4-2-3-10(7-14)8-16/h5-6,10,16H,2-4,7-8H2,1H3. The molecule has 0 amide bonds. The molecule has 0 spiro atoms. The van der Waals surface area contributed by atoms with Crippen molar-refractivity contribution in [1.29, 1.82) is 0 Å². The van der Waals surface area contributed by atoms with Crippen LogP contribution in [0, 0.1) is 23.0 Å². The topological polar surface area (TPSA) is 79.5 Å². The van der Waals surface area contributed by atoms with Gasteiger partial charge in [0.05, 0.1) is 11.0 Å². The summed E-state index contributed by atoms with van der Waals surface area (Å²) in [5, 5.41) is 20.1. The van der Waals surface area contributed by atoms with Crippen LogP contribution in [0.4, 0.5) is 11.5 Å². The minimum atomic E-state index is -0.381. The van der Waals surface area contributed by atoms with E-state index in [1.54, 1.807) is 6.92 Å². The lowest BCUT2D eigenvalue weighted by Crippen LogP contribution is -2.37. The Kier molecular flexibility index (Phi) is 3.76. The summed E-state index contributed by atoms with van der Waals surface area (Å²) in [4.78, 5) is 16.8. The molecule has 6 nitrogen and oxygen atoms in total. The Bertz CT molecular complexity index is 450. The summed E-state index contributed by atoms with van der Waals surface area (Å²) in [5.41, 5.74) is 0.672. The smallest absolute Gasteiger partial charge is 0.277 e. The number of pyridine rings is 1. The van der Waals surface area contributed by atoms with Crippen molar-refractivity contribution in [3.63, 3.8) is 0 Å². The fraction of sp³-hybridized carbons (Fsp3) is 0.583. The number of anilines is 1. The molecule has 1 aromatic heterocycles. The van der Waals surface area contributed by atoms with Crippen LogP contribution in [0.3, 0.4) is 0 Å². The van der Waals surface area contributed by atoms with Crippen LogP contribution in [0.25, 0.3) is 0 Å². The Morgan fingerprint density at radius 1 is 1.67 bits per heavy atom. The van der Waals surface area contributed by atoms with Gasteiger partial charge >= 0.3 is 0 Å². The first-order chi connectivity index (χ1) is 8.61. The third-order valence-electron chi connectivity index (χ3n) is 3.36. The summed E-state index contributed by atoms with van der Waals surface area (Å²) in [7, 11) is 0. The van der Waals surface area contributed by atoms with Crippen molar-refractivity contribution in [2.45, 2.75) is 19.8 Å². The van der Waals surface area contributed by atoms with Gasteiger partial charge in [0.2, 0.25) is 0 Å². The van der Waals surface area contributed by atoms with Crippen LogP contribution in [-0.2, 0) is 0 Å². The van der Waals surface area contributed by atoms with Gasteiger partial charge in [-0.1, -0.05) is 0 Å². The number of nitrogens with zero attached hydrogens (tertiary/aromatic N) is 3. The number of nitro groups is 1. The van der Waals surface area contributed by atoms with Crippen molar-refractivity contribution in [1.82, 2.24) is 4.98 Å². The Morgan fingerprint density at radius 3 is 3.11 bits per heavy atom. The molecule has 1 N–H and O–H groups in total. The van der Waals surface area contributed by atoms with Gasteiger partial charge in [-0.25, -0.2) is 4.98 Å². The Labute approximate surface area is 105 Å². The number of hydrogen-bond donors (Lipinski definition) is 1. The summed E-state index contributed by atoms with van der Waals surface area (Å²) < 4.78 is 0. The molecule has 0 bridgehead atoms. The lowest BCUT2D eigenvalue weighted by atomic mass is 9.99. The van der Waals surface area contributed by atoms with E-state index in [0.717, 1.165) is 19.4 Å². The van der Waals surface area contributed by atoms with E-state index >= 15 is 0 Å². The van der Waals surface area contributed by atoms with Crippen molar-refractivity contribution in [2.24, 2.45) is 5.92 Å². The minimum Gasteiger partial charge on any atom is -0.396 e. The van der Waals surface area contributed by atoms with Crippen molar-refractivity contribution >= 4 is 11.5 Å². The first-order valence-corrected chi connectivity index (χ1v) is 6.08. The van der Waals surface area contributed by atoms with Crippen LogP contribution in [0.1, 0.15) is 18.4 Å². The highest BCUT2D eigenvalue weighted by Crippen LogP contribution is 2.26. The summed E-state index contributed by atoms with van der Waals surface area (Å²) >= 11 is 0. The van der Waals surface area contributed by atoms with E-state index in [1.165, 1.54) is 12.3 Å². The van der Waals surface area contributed by atoms with E-state index in [9.17, 15) is 15.2 Å². The fourth-order valence-electron chi connectivity index (χ4n) is 2.29. The third kappa shape index (κ3) is 2.59. The van der Waals surface area contributed by atoms with Gasteiger partial charge in [0.25, 0.3) is 5.69 Å². The van der Waals surface area contributed by atoms with Gasteiger partial charge < -0.3 is 10.0 Å². The van der Waals surface area contributed by atoms with E-state index < -0.39 is 0 Å². The molecule has 0 aromatic carbocycles. The summed E-state index contributed by atoms with van der Waals surface area (Å²) in [6.07, 6.45) is 3.52. The molecular weight excluding hydrogens is 234 g/mol. The minimum absolute atomic E-state index is 0.103. The number of hydrogen-bond acceptors (Lipinski definition) is 5. The summed E-state index contributed by atoms with van der Waals surface area (Å²) in [6.45, 7) is 3.39. The number of aryl methyl sites for hydroxylation is 1. The molecule has 2 rings (SSSR count). The predicted molar refractivity (Wildman–Crippen MR) is 67.7 cm³/mol. The van der Waals surface area contributed by atoms with E-state index in [1.807, 2.05) is 4.90 Å². The van der Waals surface area contributed by atoms with Crippen LogP contribution in [0.15, 0.2) is 12.3 Å². The molecule has 1 saturated heterocycles. The van der Waals surface area contributed by atoms with E-state index in [2.05, 4.69) is 4.98 Å². The number of aliphatic hydroxyl groups excluding tert-OH is 1. The second kappa shape index (κ2) is 5.30. The highest BCUT2D eigenvalue weighted by atomic mass is 16.6. The van der Waals surface area contributed by atoms with Gasteiger partial charge in [-0.05, 0) is 25.7 Å². The first kappa shape index (κ1) is 12.8. The molecule has 18 heavy (non-hydrogen) atoms. The Morgan fingerprint density at radius 2 is 2.44 bits per heavy atom. The van der Waals surface area contributed by atoms with E-state index in [0.29, 0.717) is 17.9 Å². The predicted octanol–water partition coefficient (Wildman–Crippen LogP) is 1.51. The molecule has 1 aliphatic rings. The van der Waals surface area contributed by atoms with Crippen LogP contribution in [0.5, 0.6) is 0 Å². The quantitative estimate of drug-likeness (QED) is 0.650. The number of rotatable bonds is 3. The maximum absolute atomic E-state index is 10.9. The lowest BCUT2D eigenvalue weighted by molar-refractivity contribution is -0.385. The number of aliphatic hydroxyl groups is 1. The maximum atomic E-state index is 10.9. The molecule has 98 valence electrons. The molecule has 0 radical (unpaired) electrons. The van der Waals surface area contributed by atoms with Crippen molar-refractivity contribution in [2.75, 3.05) is 24.6 Å². The second-order valence-electron chi connectivity index (χ2n) is 4.72. The molecule has 2 heterocycles. The average Bonchev–Trinajstić information content (AvgIpc) is 2.39. The highest BCUT2D eigenvalue weighted by Gasteiger charge is 2.22. The van der Waals surface area contributed by atoms with E-state index in [4.69, 9.17) is 0 Å². The molecule has 6 heteroatoms. The van der Waals surface area contributed by atoms with Crippen LogP contribution < -0.4 is 4.90 Å². The zero-order chi connectivity index (χ0) is 13.1. The fourth-order valence-corrected chi connectivity index (χ4v) is 2.29. The molecule has 0 aliphatic carbocycles. The van der Waals surface area contributed by atoms with E-state index in [-0.39, 0.29) is 23.1 Å². The van der Waals surface area contributed by atoms with Crippen LogP contribution in [-0.4, -0.2) is 34.7 Å². The Hall–Kier alpha value is -1.69. The van der Waals surface area contributed by atoms with Crippen molar-refractivity contribution < 1.29 is 10.0 Å². The summed E-state index contributed by atoms with van der Waals surface area (Å²) in [5.74, 6) is 0.867. The van der Waals surface area contributed by atoms with Gasteiger partial charge in [0.15, 0.2) is 0 Å². The van der Waals surface area contributed by atoms with Crippen molar-refractivity contribution in [3.05, 3.63) is 27.9 Å². The molecule has 1 aliphatic heterocycles. The molecule has 1 unspecified atom stereocenters. The van der Waals surface area contributed by atoms with Crippen molar-refractivity contribution in [3.8, 4) is 0 Å². The summed E-state index contributed by atoms with van der Waals surface area (Å²) in [6, 6.07) is 1.52. The second-order valence-corrected chi connectivity index (χ2v) is 4.72. The maximum Gasteiger partial charge on any atom is 0.277 e. The Balaban J connectivity index is 2.22. The molecule has 0 saturated carbocycles. The van der Waals surface area contributed by atoms with Gasteiger partial charge in [0, 0.05) is 31.5 Å². The molecular formula is C12H17N3O3. The first-order valence-electron chi connectivity index (χ1n) is 6.08. The van der Waals surface area contributed by atoms with Crippen LogP contribution >= 0.6 is 0 Å². The molecule has 1 aromatic rings. The molecule has 1 atom stereocenters. The zero-order valence-corrected chi connectivity index (χ0v) is 10.4. The van der Waals surface area contributed by atoms with Gasteiger partial charge in [-0.2, -0.15) is 0 Å². The SMILES string of the molecule is Cc1cnc(N2CCCC(CO)C2)cc1[N+](=O)[O-]. The average molecular weight is 251 g/mol. The van der Waals surface area contributed by atoms with Gasteiger partial charge in [-0.15, -0.1) is 0 Å². The molecule has 1 fully saturated rings. The van der Waals surface area contributed by atoms with Gasteiger partial charge in [-0.3, -0.25) is 10.1 Å². The zero-order valence-electron chi connectivity index (χ0n) is 10.4. The monoisotopic (exact) mass is 251 g/mol. The largest absolute Gasteiger partial charge is 0.396 e. The number of aromatic nitrogens is 1. The number of piperidine rings is 1. The normalized spacial score (nSPS) is 19.9.